The lowest BCUT2D eigenvalue weighted by Gasteiger charge is -2.25. The fraction of sp³-hybridized carbons (Fsp3) is 0.500. The summed E-state index contributed by atoms with van der Waals surface area (Å²) in [6.07, 6.45) is 3.49. The van der Waals surface area contributed by atoms with Crippen LogP contribution >= 0.6 is 11.6 Å². The van der Waals surface area contributed by atoms with Crippen LogP contribution in [0.25, 0.3) is 0 Å². The van der Waals surface area contributed by atoms with Gasteiger partial charge in [0.2, 0.25) is 0 Å². The molecule has 1 rings (SSSR count). The van der Waals surface area contributed by atoms with Crippen LogP contribution in [0.2, 0.25) is 5.02 Å². The van der Waals surface area contributed by atoms with Crippen LogP contribution in [-0.4, -0.2) is 24.2 Å². The van der Waals surface area contributed by atoms with E-state index in [2.05, 4.69) is 11.8 Å². The van der Waals surface area contributed by atoms with Crippen LogP contribution in [0.15, 0.2) is 24.3 Å². The first kappa shape index (κ1) is 14.8. The fourth-order valence-electron chi connectivity index (χ4n) is 1.84. The molecule has 0 spiro atoms. The van der Waals surface area contributed by atoms with Crippen LogP contribution in [0, 0.1) is 0 Å². The Morgan fingerprint density at radius 3 is 2.61 bits per heavy atom. The molecular formula is C14H20ClNO2. The molecule has 0 aliphatic heterocycles. The van der Waals surface area contributed by atoms with Gasteiger partial charge in [-0.15, -0.1) is 0 Å². The van der Waals surface area contributed by atoms with Crippen LogP contribution in [0.3, 0.4) is 0 Å². The molecule has 0 bridgehead atoms. The number of hydrogen-bond donors (Lipinski definition) is 1. The second-order valence-electron chi connectivity index (χ2n) is 4.29. The van der Waals surface area contributed by atoms with E-state index in [0.29, 0.717) is 11.6 Å². The topological polar surface area (TPSA) is 40.5 Å². The molecule has 4 heteroatoms. The second-order valence-corrected chi connectivity index (χ2v) is 4.70. The van der Waals surface area contributed by atoms with E-state index in [-0.39, 0.29) is 6.42 Å². The number of aliphatic carboxylic acids is 1. The third-order valence-corrected chi connectivity index (χ3v) is 3.14. The van der Waals surface area contributed by atoms with Gasteiger partial charge in [-0.1, -0.05) is 43.5 Å². The molecule has 0 saturated carbocycles. The predicted octanol–water partition coefficient (Wildman–Crippen LogP) is 3.81. The molecule has 0 atom stereocenters. The van der Waals surface area contributed by atoms with Crippen LogP contribution in [0.5, 0.6) is 0 Å². The molecule has 0 fully saturated rings. The highest BCUT2D eigenvalue weighted by Crippen LogP contribution is 2.25. The molecule has 100 valence electrons. The smallest absolute Gasteiger partial charge is 0.305 e. The molecule has 0 aliphatic carbocycles. The monoisotopic (exact) mass is 269 g/mol. The highest BCUT2D eigenvalue weighted by Gasteiger charge is 2.11. The van der Waals surface area contributed by atoms with Crippen LogP contribution in [-0.2, 0) is 4.79 Å². The molecule has 0 aliphatic rings. The van der Waals surface area contributed by atoms with Crippen molar-refractivity contribution in [2.75, 3.05) is 18.0 Å². The number of halogens is 1. The predicted molar refractivity (Wildman–Crippen MR) is 75.4 cm³/mol. The molecule has 0 amide bonds. The average molecular weight is 270 g/mol. The van der Waals surface area contributed by atoms with Crippen LogP contribution < -0.4 is 4.90 Å². The summed E-state index contributed by atoms with van der Waals surface area (Å²) in [5, 5.41) is 9.47. The van der Waals surface area contributed by atoms with Crippen molar-refractivity contribution in [2.24, 2.45) is 0 Å². The molecule has 18 heavy (non-hydrogen) atoms. The molecule has 3 nitrogen and oxygen atoms in total. The van der Waals surface area contributed by atoms with E-state index in [9.17, 15) is 4.79 Å². The SMILES string of the molecule is CCCCCN(CCC(=O)O)c1ccccc1Cl. The third-order valence-electron chi connectivity index (χ3n) is 2.82. The zero-order valence-electron chi connectivity index (χ0n) is 10.7. The number of hydrogen-bond acceptors (Lipinski definition) is 2. The number of anilines is 1. The zero-order chi connectivity index (χ0) is 13.4. The van der Waals surface area contributed by atoms with Gasteiger partial charge in [0.1, 0.15) is 0 Å². The number of benzene rings is 1. The van der Waals surface area contributed by atoms with Crippen molar-refractivity contribution < 1.29 is 9.90 Å². The summed E-state index contributed by atoms with van der Waals surface area (Å²) in [6.45, 7) is 3.50. The highest BCUT2D eigenvalue weighted by molar-refractivity contribution is 6.33. The number of para-hydroxylation sites is 1. The summed E-state index contributed by atoms with van der Waals surface area (Å²) in [4.78, 5) is 12.8. The van der Waals surface area contributed by atoms with Crippen molar-refractivity contribution >= 4 is 23.3 Å². The Hall–Kier alpha value is -1.22. The summed E-state index contributed by atoms with van der Waals surface area (Å²) < 4.78 is 0. The van der Waals surface area contributed by atoms with Gasteiger partial charge in [-0.2, -0.15) is 0 Å². The van der Waals surface area contributed by atoms with Gasteiger partial charge in [0.15, 0.2) is 0 Å². The van der Waals surface area contributed by atoms with Gasteiger partial charge in [0, 0.05) is 13.1 Å². The summed E-state index contributed by atoms with van der Waals surface area (Å²) in [7, 11) is 0. The number of unbranched alkanes of at least 4 members (excludes halogenated alkanes) is 2. The van der Waals surface area contributed by atoms with Gasteiger partial charge in [-0.25, -0.2) is 0 Å². The number of rotatable bonds is 8. The van der Waals surface area contributed by atoms with E-state index in [4.69, 9.17) is 16.7 Å². The number of carboxylic acids is 1. The standard InChI is InChI=1S/C14H20ClNO2/c1-2-3-6-10-16(11-9-14(17)18)13-8-5-4-7-12(13)15/h4-5,7-8H,2-3,6,9-11H2,1H3,(H,17,18). The normalized spacial score (nSPS) is 10.3. The van der Waals surface area contributed by atoms with E-state index in [0.717, 1.165) is 31.5 Å². The van der Waals surface area contributed by atoms with Gasteiger partial charge in [-0.3, -0.25) is 4.79 Å². The summed E-state index contributed by atoms with van der Waals surface area (Å²) >= 11 is 6.16. The first-order valence-corrected chi connectivity index (χ1v) is 6.74. The molecule has 0 saturated heterocycles. The maximum absolute atomic E-state index is 10.7. The van der Waals surface area contributed by atoms with Gasteiger partial charge in [0.05, 0.1) is 17.1 Å². The molecule has 0 unspecified atom stereocenters. The first-order chi connectivity index (χ1) is 8.65. The van der Waals surface area contributed by atoms with Gasteiger partial charge in [-0.05, 0) is 18.6 Å². The van der Waals surface area contributed by atoms with E-state index in [1.165, 1.54) is 0 Å². The zero-order valence-corrected chi connectivity index (χ0v) is 11.5. The minimum absolute atomic E-state index is 0.136. The summed E-state index contributed by atoms with van der Waals surface area (Å²) in [5.74, 6) is -0.775. The minimum atomic E-state index is -0.775. The lowest BCUT2D eigenvalue weighted by atomic mass is 10.2. The molecule has 0 aromatic heterocycles. The Morgan fingerprint density at radius 1 is 1.28 bits per heavy atom. The molecule has 1 N–H and O–H groups in total. The molecule has 1 aromatic carbocycles. The van der Waals surface area contributed by atoms with E-state index in [1.54, 1.807) is 0 Å². The van der Waals surface area contributed by atoms with E-state index in [1.807, 2.05) is 24.3 Å². The minimum Gasteiger partial charge on any atom is -0.481 e. The Balaban J connectivity index is 2.69. The average Bonchev–Trinajstić information content (AvgIpc) is 2.34. The van der Waals surface area contributed by atoms with Crippen molar-refractivity contribution in [1.82, 2.24) is 0 Å². The Labute approximate surface area is 113 Å². The van der Waals surface area contributed by atoms with Crippen molar-refractivity contribution in [2.45, 2.75) is 32.6 Å². The largest absolute Gasteiger partial charge is 0.481 e. The number of carbonyl (C=O) groups is 1. The molecular weight excluding hydrogens is 250 g/mol. The van der Waals surface area contributed by atoms with Gasteiger partial charge in [0.25, 0.3) is 0 Å². The summed E-state index contributed by atoms with van der Waals surface area (Å²) in [5.41, 5.74) is 0.927. The summed E-state index contributed by atoms with van der Waals surface area (Å²) in [6, 6.07) is 7.59. The first-order valence-electron chi connectivity index (χ1n) is 6.36. The number of carboxylic acid groups (broad SMARTS) is 1. The van der Waals surface area contributed by atoms with Crippen molar-refractivity contribution in [3.8, 4) is 0 Å². The second kappa shape index (κ2) is 7.98. The lowest BCUT2D eigenvalue weighted by Crippen LogP contribution is -2.27. The van der Waals surface area contributed by atoms with Crippen molar-refractivity contribution in [1.29, 1.82) is 0 Å². The Bertz CT molecular complexity index is 382. The third kappa shape index (κ3) is 4.96. The van der Waals surface area contributed by atoms with Crippen LogP contribution in [0.4, 0.5) is 5.69 Å². The van der Waals surface area contributed by atoms with E-state index >= 15 is 0 Å². The Morgan fingerprint density at radius 2 is 2.00 bits per heavy atom. The number of nitrogens with zero attached hydrogens (tertiary/aromatic N) is 1. The highest BCUT2D eigenvalue weighted by atomic mass is 35.5. The molecule has 0 heterocycles. The molecule has 1 aromatic rings. The van der Waals surface area contributed by atoms with Gasteiger partial charge < -0.3 is 10.0 Å². The van der Waals surface area contributed by atoms with Gasteiger partial charge >= 0.3 is 5.97 Å². The quantitative estimate of drug-likeness (QED) is 0.730. The van der Waals surface area contributed by atoms with Crippen molar-refractivity contribution in [3.63, 3.8) is 0 Å². The maximum Gasteiger partial charge on any atom is 0.305 e. The van der Waals surface area contributed by atoms with Crippen LogP contribution in [0.1, 0.15) is 32.6 Å². The van der Waals surface area contributed by atoms with E-state index < -0.39 is 5.97 Å². The lowest BCUT2D eigenvalue weighted by molar-refractivity contribution is -0.136. The van der Waals surface area contributed by atoms with Crippen molar-refractivity contribution in [3.05, 3.63) is 29.3 Å². The fourth-order valence-corrected chi connectivity index (χ4v) is 2.10. The molecule has 0 radical (unpaired) electrons. The maximum atomic E-state index is 10.7. The Kier molecular flexibility index (Phi) is 6.58.